The molecule has 0 atom stereocenters. The van der Waals surface area contributed by atoms with Gasteiger partial charge in [-0.2, -0.15) is 0 Å². The molecule has 1 saturated carbocycles. The third-order valence-electron chi connectivity index (χ3n) is 4.55. The van der Waals surface area contributed by atoms with Gasteiger partial charge in [-0.3, -0.25) is 4.79 Å². The number of amides is 1. The van der Waals surface area contributed by atoms with E-state index in [0.29, 0.717) is 19.0 Å². The molecule has 2 aliphatic rings. The summed E-state index contributed by atoms with van der Waals surface area (Å²) in [7, 11) is 1.46. The van der Waals surface area contributed by atoms with Gasteiger partial charge < -0.3 is 14.4 Å². The van der Waals surface area contributed by atoms with Crippen molar-refractivity contribution < 1.29 is 19.1 Å². The molecule has 0 aromatic carbocycles. The Kier molecular flexibility index (Phi) is 4.22. The molecule has 0 unspecified atom stereocenters. The van der Waals surface area contributed by atoms with E-state index in [1.165, 1.54) is 7.11 Å². The van der Waals surface area contributed by atoms with Crippen molar-refractivity contribution >= 4 is 12.1 Å². The Morgan fingerprint density at radius 3 is 2.14 bits per heavy atom. The Morgan fingerprint density at radius 2 is 1.73 bits per heavy atom. The molecular formula is C17H29NO4. The van der Waals surface area contributed by atoms with Crippen molar-refractivity contribution in [3.63, 3.8) is 0 Å². The van der Waals surface area contributed by atoms with Crippen LogP contribution in [0.25, 0.3) is 0 Å². The summed E-state index contributed by atoms with van der Waals surface area (Å²) in [5.74, 6) is 0.362. The molecule has 2 fully saturated rings. The van der Waals surface area contributed by atoms with E-state index < -0.39 is 5.60 Å². The highest BCUT2D eigenvalue weighted by molar-refractivity contribution is 5.79. The van der Waals surface area contributed by atoms with E-state index in [1.807, 2.05) is 20.8 Å². The molecule has 1 amide bonds. The first-order chi connectivity index (χ1) is 10.0. The van der Waals surface area contributed by atoms with Crippen molar-refractivity contribution in [1.82, 2.24) is 4.90 Å². The Labute approximate surface area is 133 Å². The van der Waals surface area contributed by atoms with Crippen molar-refractivity contribution in [3.05, 3.63) is 0 Å². The number of ether oxygens (including phenoxy) is 2. The Hall–Kier alpha value is -1.26. The molecule has 1 spiro atoms. The molecular weight excluding hydrogens is 282 g/mol. The number of esters is 1. The van der Waals surface area contributed by atoms with E-state index >= 15 is 0 Å². The van der Waals surface area contributed by atoms with E-state index in [2.05, 4.69) is 13.8 Å². The van der Waals surface area contributed by atoms with Crippen LogP contribution >= 0.6 is 0 Å². The lowest BCUT2D eigenvalue weighted by Crippen LogP contribution is -2.68. The average Bonchev–Trinajstić information content (AvgIpc) is 2.26. The molecule has 2 rings (SSSR count). The summed E-state index contributed by atoms with van der Waals surface area (Å²) >= 11 is 0. The molecule has 0 aromatic rings. The highest BCUT2D eigenvalue weighted by Crippen LogP contribution is 2.62. The third kappa shape index (κ3) is 3.23. The minimum atomic E-state index is -0.465. The molecule has 1 aliphatic carbocycles. The van der Waals surface area contributed by atoms with Gasteiger partial charge in [0.2, 0.25) is 0 Å². The predicted octanol–water partition coefficient (Wildman–Crippen LogP) is 3.22. The molecule has 22 heavy (non-hydrogen) atoms. The lowest BCUT2D eigenvalue weighted by atomic mass is 9.48. The summed E-state index contributed by atoms with van der Waals surface area (Å²) in [5, 5.41) is 0. The zero-order valence-corrected chi connectivity index (χ0v) is 14.7. The Morgan fingerprint density at radius 1 is 1.18 bits per heavy atom. The smallest absolute Gasteiger partial charge is 0.410 e. The molecule has 0 bridgehead atoms. The summed E-state index contributed by atoms with van der Waals surface area (Å²) in [6, 6.07) is 0. The largest absolute Gasteiger partial charge is 0.469 e. The fourth-order valence-electron chi connectivity index (χ4n) is 4.20. The van der Waals surface area contributed by atoms with Gasteiger partial charge in [-0.05, 0) is 46.0 Å². The number of hydrogen-bond donors (Lipinski definition) is 0. The molecule has 0 aromatic heterocycles. The molecule has 5 nitrogen and oxygen atoms in total. The van der Waals surface area contributed by atoms with Gasteiger partial charge in [-0.25, -0.2) is 4.79 Å². The van der Waals surface area contributed by atoms with Crippen LogP contribution in [-0.2, 0) is 14.3 Å². The van der Waals surface area contributed by atoms with Crippen LogP contribution in [0.5, 0.6) is 0 Å². The maximum Gasteiger partial charge on any atom is 0.410 e. The first-order valence-corrected chi connectivity index (χ1v) is 8.07. The van der Waals surface area contributed by atoms with Crippen LogP contribution in [0, 0.1) is 16.7 Å². The number of carbonyl (C=O) groups is 2. The molecule has 0 N–H and O–H groups in total. The monoisotopic (exact) mass is 311 g/mol. The minimum Gasteiger partial charge on any atom is -0.469 e. The Bertz CT molecular complexity index is 450. The molecule has 1 heterocycles. The van der Waals surface area contributed by atoms with Gasteiger partial charge in [-0.15, -0.1) is 0 Å². The van der Waals surface area contributed by atoms with E-state index in [9.17, 15) is 9.59 Å². The predicted molar refractivity (Wildman–Crippen MR) is 83.4 cm³/mol. The van der Waals surface area contributed by atoms with Crippen molar-refractivity contribution in [2.45, 2.75) is 59.5 Å². The first-order valence-electron chi connectivity index (χ1n) is 8.07. The molecule has 5 heteroatoms. The maximum atomic E-state index is 12.2. The fraction of sp³-hybridized carbons (Fsp3) is 0.882. The van der Waals surface area contributed by atoms with Gasteiger partial charge in [0.1, 0.15) is 5.60 Å². The van der Waals surface area contributed by atoms with Gasteiger partial charge in [0, 0.05) is 18.5 Å². The first kappa shape index (κ1) is 17.1. The van der Waals surface area contributed by atoms with Crippen LogP contribution in [0.4, 0.5) is 4.79 Å². The molecule has 1 saturated heterocycles. The second-order valence-electron chi connectivity index (χ2n) is 8.56. The number of nitrogens with zero attached hydrogens (tertiary/aromatic N) is 1. The molecule has 1 aliphatic heterocycles. The van der Waals surface area contributed by atoms with Crippen molar-refractivity contribution in [3.8, 4) is 0 Å². The standard InChI is InChI=1S/C17H29NO4/c1-12(2)7-17(13(19)21-6)8-16(9-17)10-18(11-16)14(20)22-15(3,4)5/h12H,7-11H2,1-6H3. The maximum absolute atomic E-state index is 12.2. The lowest BCUT2D eigenvalue weighted by molar-refractivity contribution is -0.188. The van der Waals surface area contributed by atoms with Crippen LogP contribution in [0.2, 0.25) is 0 Å². The van der Waals surface area contributed by atoms with E-state index in [1.54, 1.807) is 4.90 Å². The average molecular weight is 311 g/mol. The van der Waals surface area contributed by atoms with Crippen LogP contribution in [0.15, 0.2) is 0 Å². The highest BCUT2D eigenvalue weighted by Gasteiger charge is 2.64. The van der Waals surface area contributed by atoms with E-state index in [0.717, 1.165) is 19.3 Å². The molecule has 126 valence electrons. The summed E-state index contributed by atoms with van der Waals surface area (Å²) in [4.78, 5) is 25.9. The molecule has 0 radical (unpaired) electrons. The third-order valence-corrected chi connectivity index (χ3v) is 4.55. The van der Waals surface area contributed by atoms with E-state index in [4.69, 9.17) is 9.47 Å². The van der Waals surface area contributed by atoms with Gasteiger partial charge in [0.25, 0.3) is 0 Å². The van der Waals surface area contributed by atoms with E-state index in [-0.39, 0.29) is 22.9 Å². The zero-order valence-electron chi connectivity index (χ0n) is 14.7. The number of likely N-dealkylation sites (tertiary alicyclic amines) is 1. The zero-order chi connectivity index (χ0) is 16.8. The highest BCUT2D eigenvalue weighted by atomic mass is 16.6. The topological polar surface area (TPSA) is 55.8 Å². The number of carbonyl (C=O) groups excluding carboxylic acids is 2. The van der Waals surface area contributed by atoms with Crippen LogP contribution in [0.3, 0.4) is 0 Å². The quantitative estimate of drug-likeness (QED) is 0.751. The van der Waals surface area contributed by atoms with Crippen molar-refractivity contribution in [2.24, 2.45) is 16.7 Å². The summed E-state index contributed by atoms with van der Waals surface area (Å²) < 4.78 is 10.4. The summed E-state index contributed by atoms with van der Waals surface area (Å²) in [5.41, 5.74) is -0.713. The normalized spacial score (nSPS) is 22.0. The minimum absolute atomic E-state index is 0.0949. The second kappa shape index (κ2) is 5.43. The summed E-state index contributed by atoms with van der Waals surface area (Å²) in [6.45, 7) is 11.3. The lowest BCUT2D eigenvalue weighted by Gasteiger charge is -2.63. The Balaban J connectivity index is 1.91. The summed E-state index contributed by atoms with van der Waals surface area (Å²) in [6.07, 6.45) is 2.25. The van der Waals surface area contributed by atoms with Crippen molar-refractivity contribution in [2.75, 3.05) is 20.2 Å². The van der Waals surface area contributed by atoms with Gasteiger partial charge in [-0.1, -0.05) is 13.8 Å². The van der Waals surface area contributed by atoms with Gasteiger partial charge in [0.15, 0.2) is 0 Å². The van der Waals surface area contributed by atoms with Crippen LogP contribution in [-0.4, -0.2) is 42.8 Å². The fourth-order valence-corrected chi connectivity index (χ4v) is 4.20. The van der Waals surface area contributed by atoms with Crippen LogP contribution in [0.1, 0.15) is 53.9 Å². The second-order valence-corrected chi connectivity index (χ2v) is 8.56. The number of rotatable bonds is 3. The SMILES string of the molecule is COC(=O)C1(CC(C)C)CC2(CN(C(=O)OC(C)(C)C)C2)C1. The van der Waals surface area contributed by atoms with Crippen LogP contribution < -0.4 is 0 Å². The number of methoxy groups -OCH3 is 1. The van der Waals surface area contributed by atoms with Gasteiger partial charge in [0.05, 0.1) is 12.5 Å². The van der Waals surface area contributed by atoms with Crippen molar-refractivity contribution in [1.29, 1.82) is 0 Å². The van der Waals surface area contributed by atoms with Gasteiger partial charge >= 0.3 is 12.1 Å². The number of hydrogen-bond acceptors (Lipinski definition) is 4.